The Morgan fingerprint density at radius 3 is 2.58 bits per heavy atom. The number of hydrogen-bond donors (Lipinski definition) is 2. The average molecular weight is 363 g/mol. The second-order valence-electron chi connectivity index (χ2n) is 7.23. The molecule has 2 N–H and O–H groups in total. The quantitative estimate of drug-likeness (QED) is 0.778. The lowest BCUT2D eigenvalue weighted by molar-refractivity contribution is -0.146. The van der Waals surface area contributed by atoms with E-state index >= 15 is 0 Å². The molecule has 0 radical (unpaired) electrons. The van der Waals surface area contributed by atoms with Crippen molar-refractivity contribution < 1.29 is 24.2 Å². The number of carboxylic acid groups (broad SMARTS) is 1. The number of carbonyl (C=O) groups excluding carboxylic acids is 1. The highest BCUT2D eigenvalue weighted by atomic mass is 16.5. The first kappa shape index (κ1) is 20.2. The van der Waals surface area contributed by atoms with E-state index in [0.717, 1.165) is 18.4 Å². The second kappa shape index (κ2) is 9.03. The van der Waals surface area contributed by atoms with Crippen molar-refractivity contribution in [1.29, 1.82) is 0 Å². The summed E-state index contributed by atoms with van der Waals surface area (Å²) in [6.07, 6.45) is 0.742. The highest BCUT2D eigenvalue weighted by Gasteiger charge is 2.32. The van der Waals surface area contributed by atoms with Crippen LogP contribution in [0.25, 0.3) is 0 Å². The minimum atomic E-state index is -1.04. The largest absolute Gasteiger partial charge is 0.481 e. The van der Waals surface area contributed by atoms with Crippen molar-refractivity contribution in [2.45, 2.75) is 58.6 Å². The van der Waals surface area contributed by atoms with Crippen molar-refractivity contribution in [3.63, 3.8) is 0 Å². The van der Waals surface area contributed by atoms with Gasteiger partial charge in [0.15, 0.2) is 6.10 Å². The van der Waals surface area contributed by atoms with E-state index in [9.17, 15) is 14.7 Å². The first-order chi connectivity index (χ1) is 12.3. The van der Waals surface area contributed by atoms with Crippen LogP contribution in [-0.4, -0.2) is 42.3 Å². The number of hydrogen-bond acceptors (Lipinski definition) is 4. The Hall–Kier alpha value is -2.08. The summed E-state index contributed by atoms with van der Waals surface area (Å²) in [5, 5.41) is 12.1. The van der Waals surface area contributed by atoms with Gasteiger partial charge in [-0.3, -0.25) is 4.79 Å². The summed E-state index contributed by atoms with van der Waals surface area (Å²) in [7, 11) is 0. The van der Waals surface area contributed by atoms with E-state index in [1.54, 1.807) is 6.92 Å². The van der Waals surface area contributed by atoms with Gasteiger partial charge < -0.3 is 19.9 Å². The molecule has 144 valence electrons. The van der Waals surface area contributed by atoms with Crippen LogP contribution in [0.3, 0.4) is 0 Å². The lowest BCUT2D eigenvalue weighted by Crippen LogP contribution is -2.51. The molecule has 26 heavy (non-hydrogen) atoms. The maximum Gasteiger partial charge on any atom is 0.326 e. The molecule has 0 bridgehead atoms. The fourth-order valence-electron chi connectivity index (χ4n) is 3.31. The number of carboxylic acids is 1. The average Bonchev–Trinajstić information content (AvgIpc) is 2.59. The minimum absolute atomic E-state index is 0.218. The van der Waals surface area contributed by atoms with Crippen molar-refractivity contribution in [1.82, 2.24) is 5.32 Å². The fourth-order valence-corrected chi connectivity index (χ4v) is 3.31. The minimum Gasteiger partial charge on any atom is -0.481 e. The summed E-state index contributed by atoms with van der Waals surface area (Å²) < 4.78 is 11.1. The van der Waals surface area contributed by atoms with Gasteiger partial charge >= 0.3 is 5.97 Å². The Bertz CT molecular complexity index is 637. The maximum atomic E-state index is 12.4. The zero-order chi connectivity index (χ0) is 19.3. The van der Waals surface area contributed by atoms with Gasteiger partial charge in [-0.05, 0) is 55.9 Å². The monoisotopic (exact) mass is 363 g/mol. The van der Waals surface area contributed by atoms with Gasteiger partial charge in [-0.25, -0.2) is 4.79 Å². The van der Waals surface area contributed by atoms with Crippen LogP contribution in [0.1, 0.15) is 50.7 Å². The number of rotatable bonds is 7. The van der Waals surface area contributed by atoms with Gasteiger partial charge in [-0.15, -0.1) is 0 Å². The number of benzene rings is 1. The predicted octanol–water partition coefficient (Wildman–Crippen LogP) is 2.88. The standard InChI is InChI=1S/C20H29NO5/c1-12(2)17-8-7-16(10-13(17)3)26-14(4)19(22)21-18(20(23)24)15-6-5-9-25-11-15/h7-8,10,12,14-15,18H,5-6,9,11H2,1-4H3,(H,21,22)(H,23,24). The Morgan fingerprint density at radius 1 is 1.31 bits per heavy atom. The Morgan fingerprint density at radius 2 is 2.04 bits per heavy atom. The summed E-state index contributed by atoms with van der Waals surface area (Å²) >= 11 is 0. The van der Waals surface area contributed by atoms with Crippen LogP contribution in [0, 0.1) is 12.8 Å². The SMILES string of the molecule is Cc1cc(OC(C)C(=O)NC(C(=O)O)C2CCCOC2)ccc1C(C)C. The van der Waals surface area contributed by atoms with Gasteiger partial charge in [0, 0.05) is 12.5 Å². The summed E-state index contributed by atoms with van der Waals surface area (Å²) in [6, 6.07) is 4.79. The second-order valence-corrected chi connectivity index (χ2v) is 7.23. The van der Waals surface area contributed by atoms with Crippen LogP contribution < -0.4 is 10.1 Å². The first-order valence-electron chi connectivity index (χ1n) is 9.17. The van der Waals surface area contributed by atoms with Crippen LogP contribution in [-0.2, 0) is 14.3 Å². The molecule has 3 unspecified atom stereocenters. The third-order valence-electron chi connectivity index (χ3n) is 4.78. The van der Waals surface area contributed by atoms with E-state index in [4.69, 9.17) is 9.47 Å². The molecular formula is C20H29NO5. The third kappa shape index (κ3) is 5.21. The van der Waals surface area contributed by atoms with E-state index in [-0.39, 0.29) is 5.92 Å². The lowest BCUT2D eigenvalue weighted by atomic mass is 9.93. The number of nitrogens with one attached hydrogen (secondary N) is 1. The first-order valence-corrected chi connectivity index (χ1v) is 9.17. The van der Waals surface area contributed by atoms with Crippen LogP contribution >= 0.6 is 0 Å². The molecule has 2 rings (SSSR count). The van der Waals surface area contributed by atoms with Gasteiger partial charge in [-0.1, -0.05) is 19.9 Å². The molecule has 1 amide bonds. The molecule has 6 heteroatoms. The topological polar surface area (TPSA) is 84.9 Å². The molecule has 0 spiro atoms. The number of carbonyl (C=O) groups is 2. The van der Waals surface area contributed by atoms with Crippen molar-refractivity contribution in [3.05, 3.63) is 29.3 Å². The Kier molecular flexibility index (Phi) is 7.03. The Labute approximate surface area is 154 Å². The number of amides is 1. The van der Waals surface area contributed by atoms with Gasteiger partial charge in [0.05, 0.1) is 6.61 Å². The third-order valence-corrected chi connectivity index (χ3v) is 4.78. The van der Waals surface area contributed by atoms with E-state index in [1.165, 1.54) is 5.56 Å². The summed E-state index contributed by atoms with van der Waals surface area (Å²) in [6.45, 7) is 8.87. The van der Waals surface area contributed by atoms with E-state index in [2.05, 4.69) is 19.2 Å². The zero-order valence-electron chi connectivity index (χ0n) is 16.0. The Balaban J connectivity index is 1.99. The molecule has 1 aromatic rings. The van der Waals surface area contributed by atoms with Crippen LogP contribution in [0.5, 0.6) is 5.75 Å². The van der Waals surface area contributed by atoms with Crippen molar-refractivity contribution in [2.24, 2.45) is 5.92 Å². The van der Waals surface area contributed by atoms with Gasteiger partial charge in [-0.2, -0.15) is 0 Å². The molecular weight excluding hydrogens is 334 g/mol. The molecule has 1 aliphatic rings. The molecule has 0 aromatic heterocycles. The highest BCUT2D eigenvalue weighted by molar-refractivity contribution is 5.86. The van der Waals surface area contributed by atoms with Crippen LogP contribution in [0.2, 0.25) is 0 Å². The summed E-state index contributed by atoms with van der Waals surface area (Å²) in [5.74, 6) is -0.682. The number of aryl methyl sites for hydroxylation is 1. The molecule has 1 aliphatic heterocycles. The molecule has 3 atom stereocenters. The van der Waals surface area contributed by atoms with Crippen molar-refractivity contribution in [2.75, 3.05) is 13.2 Å². The molecule has 0 saturated carbocycles. The molecule has 6 nitrogen and oxygen atoms in total. The predicted molar refractivity (Wildman–Crippen MR) is 98.5 cm³/mol. The van der Waals surface area contributed by atoms with E-state index in [1.807, 2.05) is 25.1 Å². The molecule has 1 heterocycles. The number of aliphatic carboxylic acids is 1. The zero-order valence-corrected chi connectivity index (χ0v) is 16.0. The molecule has 0 aliphatic carbocycles. The van der Waals surface area contributed by atoms with Crippen LogP contribution in [0.15, 0.2) is 18.2 Å². The maximum absolute atomic E-state index is 12.4. The van der Waals surface area contributed by atoms with Gasteiger partial charge in [0.25, 0.3) is 5.91 Å². The molecule has 1 fully saturated rings. The molecule has 1 aromatic carbocycles. The summed E-state index contributed by atoms with van der Waals surface area (Å²) in [5.41, 5.74) is 2.34. The van der Waals surface area contributed by atoms with Crippen molar-refractivity contribution >= 4 is 11.9 Å². The molecule has 1 saturated heterocycles. The van der Waals surface area contributed by atoms with Crippen LogP contribution in [0.4, 0.5) is 0 Å². The smallest absolute Gasteiger partial charge is 0.326 e. The lowest BCUT2D eigenvalue weighted by Gasteiger charge is -2.29. The van der Waals surface area contributed by atoms with Gasteiger partial charge in [0.2, 0.25) is 0 Å². The fraction of sp³-hybridized carbons (Fsp3) is 0.600. The summed E-state index contributed by atoms with van der Waals surface area (Å²) in [4.78, 5) is 24.0. The van der Waals surface area contributed by atoms with E-state index < -0.39 is 24.0 Å². The highest BCUT2D eigenvalue weighted by Crippen LogP contribution is 2.24. The number of ether oxygens (including phenoxy) is 2. The van der Waals surface area contributed by atoms with Crippen molar-refractivity contribution in [3.8, 4) is 5.75 Å². The van der Waals surface area contributed by atoms with E-state index in [0.29, 0.717) is 24.9 Å². The normalized spacial score (nSPS) is 19.7. The van der Waals surface area contributed by atoms with Gasteiger partial charge in [0.1, 0.15) is 11.8 Å².